The highest BCUT2D eigenvalue weighted by Crippen LogP contribution is 2.28. The highest BCUT2D eigenvalue weighted by Gasteiger charge is 2.34. The number of imidazole rings is 1. The fourth-order valence-corrected chi connectivity index (χ4v) is 5.73. The number of nitrogens with zero attached hydrogens (tertiary/aromatic N) is 3. The van der Waals surface area contributed by atoms with E-state index in [1.807, 2.05) is 61.5 Å². The summed E-state index contributed by atoms with van der Waals surface area (Å²) in [5.41, 5.74) is 7.87. The quantitative estimate of drug-likeness (QED) is 0.158. The largest absolute Gasteiger partial charge is 0.374 e. The van der Waals surface area contributed by atoms with E-state index in [9.17, 15) is 23.6 Å². The molecule has 1 aliphatic heterocycles. The van der Waals surface area contributed by atoms with Gasteiger partial charge in [-0.1, -0.05) is 60.2 Å². The first-order valence-electron chi connectivity index (χ1n) is 16.6. The molecule has 2 atom stereocenters. The molecule has 2 heterocycles. The van der Waals surface area contributed by atoms with Gasteiger partial charge < -0.3 is 30.6 Å². The van der Waals surface area contributed by atoms with E-state index < -0.39 is 35.3 Å². The number of likely N-dealkylation sites (tertiary alicyclic amines) is 1. The van der Waals surface area contributed by atoms with E-state index in [2.05, 4.69) is 15.6 Å². The summed E-state index contributed by atoms with van der Waals surface area (Å²) in [6.45, 7) is 5.90. The molecular weight excluding hydrogens is 710 g/mol. The lowest BCUT2D eigenvalue weighted by atomic mass is 9.88. The lowest BCUT2D eigenvalue weighted by molar-refractivity contribution is -0.134. The molecule has 3 amide bonds. The molecule has 5 rings (SSSR count). The van der Waals surface area contributed by atoms with Gasteiger partial charge in [-0.2, -0.15) is 0 Å². The molecule has 11 nitrogen and oxygen atoms in total. The SMILES string of the molecule is Cc1ccc(C(C(=O)N2CCC(C(=O)c3ccc(F)cc3)CC2)n2cnc(NC(=O)[C@@H](COCc3ccccc3)NC(=O)C(C)(C)N)c2)cc1.Cl.Cl. The van der Waals surface area contributed by atoms with E-state index in [-0.39, 0.29) is 61.5 Å². The van der Waals surface area contributed by atoms with Gasteiger partial charge >= 0.3 is 0 Å². The second-order valence-corrected chi connectivity index (χ2v) is 13.2. The topological polar surface area (TPSA) is 149 Å². The minimum atomic E-state index is -1.23. The molecule has 3 aromatic carbocycles. The first-order chi connectivity index (χ1) is 23.9. The van der Waals surface area contributed by atoms with Gasteiger partial charge in [0.1, 0.15) is 17.9 Å². The molecule has 0 spiro atoms. The molecule has 1 aliphatic rings. The summed E-state index contributed by atoms with van der Waals surface area (Å²) >= 11 is 0. The zero-order chi connectivity index (χ0) is 35.8. The number of nitrogens with one attached hydrogen (secondary N) is 2. The standard InChI is InChI=1S/C38H43FN6O5.2ClH/c1-25-9-11-27(12-10-25)33(36(48)44-19-17-29(18-20-44)34(46)28-13-15-30(39)16-14-28)45-21-32(41-24-45)43-35(47)31(42-37(49)38(2,3)40)23-50-22-26-7-5-4-6-8-26;;/h4-16,21,24,29,31,33H,17-20,22-23,40H2,1-3H3,(H,42,49)(H,43,47);2*1H/t31-,33?;;/m1../s1. The maximum Gasteiger partial charge on any atom is 0.250 e. The Bertz CT molecular complexity index is 1790. The van der Waals surface area contributed by atoms with Gasteiger partial charge in [0, 0.05) is 30.8 Å². The number of halogens is 3. The third-order valence-corrected chi connectivity index (χ3v) is 8.69. The summed E-state index contributed by atoms with van der Waals surface area (Å²) < 4.78 is 20.8. The van der Waals surface area contributed by atoms with Crippen LogP contribution < -0.4 is 16.4 Å². The van der Waals surface area contributed by atoms with Gasteiger partial charge in [-0.15, -0.1) is 24.8 Å². The number of ether oxygens (including phenoxy) is 1. The van der Waals surface area contributed by atoms with E-state index in [4.69, 9.17) is 10.5 Å². The smallest absolute Gasteiger partial charge is 0.250 e. The summed E-state index contributed by atoms with van der Waals surface area (Å²) in [5, 5.41) is 5.42. The van der Waals surface area contributed by atoms with Gasteiger partial charge in [0.15, 0.2) is 11.6 Å². The molecule has 4 N–H and O–H groups in total. The van der Waals surface area contributed by atoms with E-state index in [0.717, 1.165) is 16.7 Å². The van der Waals surface area contributed by atoms with Crippen LogP contribution in [0.15, 0.2) is 91.4 Å². The number of hydrogen-bond acceptors (Lipinski definition) is 7. The van der Waals surface area contributed by atoms with Crippen molar-refractivity contribution in [3.63, 3.8) is 0 Å². The van der Waals surface area contributed by atoms with Crippen molar-refractivity contribution in [3.05, 3.63) is 119 Å². The number of carbonyl (C=O) groups excluding carboxylic acids is 4. The highest BCUT2D eigenvalue weighted by molar-refractivity contribution is 5.99. The van der Waals surface area contributed by atoms with Crippen LogP contribution in [0.25, 0.3) is 0 Å². The Hall–Kier alpha value is -4.62. The van der Waals surface area contributed by atoms with Crippen molar-refractivity contribution >= 4 is 54.1 Å². The van der Waals surface area contributed by atoms with Crippen molar-refractivity contribution in [1.82, 2.24) is 19.8 Å². The van der Waals surface area contributed by atoms with Gasteiger partial charge in [0.2, 0.25) is 11.8 Å². The van der Waals surface area contributed by atoms with Crippen LogP contribution in [0.4, 0.5) is 10.2 Å². The molecule has 1 fully saturated rings. The molecule has 278 valence electrons. The number of Topliss-reactive ketones (excluding diaryl/α,β-unsaturated/α-hetero) is 1. The maximum atomic E-state index is 14.1. The predicted molar refractivity (Wildman–Crippen MR) is 201 cm³/mol. The first kappa shape index (κ1) is 41.8. The van der Waals surface area contributed by atoms with Crippen LogP contribution in [0.2, 0.25) is 0 Å². The minimum Gasteiger partial charge on any atom is -0.374 e. The van der Waals surface area contributed by atoms with Crippen LogP contribution in [0.1, 0.15) is 59.8 Å². The summed E-state index contributed by atoms with van der Waals surface area (Å²) in [5.74, 6) is -1.82. The molecule has 1 aromatic heterocycles. The lowest BCUT2D eigenvalue weighted by Gasteiger charge is -2.34. The molecule has 0 bridgehead atoms. The number of hydrogen-bond donors (Lipinski definition) is 3. The molecule has 0 aliphatic carbocycles. The molecule has 1 saturated heterocycles. The predicted octanol–water partition coefficient (Wildman–Crippen LogP) is 5.26. The van der Waals surface area contributed by atoms with Gasteiger partial charge in [0.05, 0.1) is 25.1 Å². The fraction of sp³-hybridized carbons (Fsp3) is 0.342. The van der Waals surface area contributed by atoms with Gasteiger partial charge in [-0.05, 0) is 69.0 Å². The monoisotopic (exact) mass is 754 g/mol. The number of ketones is 1. The first-order valence-corrected chi connectivity index (χ1v) is 16.6. The molecule has 4 aromatic rings. The zero-order valence-corrected chi connectivity index (χ0v) is 30.9. The van der Waals surface area contributed by atoms with E-state index in [1.165, 1.54) is 44.4 Å². The Morgan fingerprint density at radius 1 is 0.962 bits per heavy atom. The molecule has 0 radical (unpaired) electrons. The summed E-state index contributed by atoms with van der Waals surface area (Å²) in [7, 11) is 0. The van der Waals surface area contributed by atoms with Crippen molar-refractivity contribution in [2.45, 2.75) is 57.8 Å². The lowest BCUT2D eigenvalue weighted by Crippen LogP contribution is -2.56. The summed E-state index contributed by atoms with van der Waals surface area (Å²) in [6.07, 6.45) is 4.01. The van der Waals surface area contributed by atoms with Crippen molar-refractivity contribution in [2.24, 2.45) is 11.7 Å². The third kappa shape index (κ3) is 10.9. The molecular formula is C38H45Cl2FN6O5. The van der Waals surface area contributed by atoms with Crippen molar-refractivity contribution in [1.29, 1.82) is 0 Å². The number of nitrogens with two attached hydrogens (primary N) is 1. The third-order valence-electron chi connectivity index (χ3n) is 8.69. The van der Waals surface area contributed by atoms with Crippen LogP contribution >= 0.6 is 24.8 Å². The molecule has 52 heavy (non-hydrogen) atoms. The van der Waals surface area contributed by atoms with Gasteiger partial charge in [0.25, 0.3) is 5.91 Å². The summed E-state index contributed by atoms with van der Waals surface area (Å²) in [4.78, 5) is 59.5. The Balaban J connectivity index is 0.00000364. The van der Waals surface area contributed by atoms with Crippen molar-refractivity contribution < 1.29 is 28.3 Å². The summed E-state index contributed by atoms with van der Waals surface area (Å²) in [6, 6.07) is 20.7. The fourth-order valence-electron chi connectivity index (χ4n) is 5.73. The molecule has 1 unspecified atom stereocenters. The number of aromatic nitrogens is 2. The number of carbonyl (C=O) groups is 4. The van der Waals surface area contributed by atoms with E-state index >= 15 is 0 Å². The van der Waals surface area contributed by atoms with Gasteiger partial charge in [-0.3, -0.25) is 19.2 Å². The van der Waals surface area contributed by atoms with Crippen LogP contribution in [-0.2, 0) is 25.7 Å². The second kappa shape index (κ2) is 18.7. The van der Waals surface area contributed by atoms with Crippen LogP contribution in [0.5, 0.6) is 0 Å². The minimum absolute atomic E-state index is 0. The van der Waals surface area contributed by atoms with Crippen molar-refractivity contribution in [3.8, 4) is 0 Å². The van der Waals surface area contributed by atoms with Crippen LogP contribution in [0, 0.1) is 18.7 Å². The Morgan fingerprint density at radius 2 is 1.60 bits per heavy atom. The molecule has 0 saturated carbocycles. The van der Waals surface area contributed by atoms with Gasteiger partial charge in [-0.25, -0.2) is 9.37 Å². The number of rotatable bonds is 13. The maximum absolute atomic E-state index is 14.1. The average molecular weight is 756 g/mol. The van der Waals surface area contributed by atoms with Crippen molar-refractivity contribution in [2.75, 3.05) is 25.0 Å². The Kier molecular flexibility index (Phi) is 15.1. The zero-order valence-electron chi connectivity index (χ0n) is 29.3. The van der Waals surface area contributed by atoms with Crippen LogP contribution in [-0.4, -0.2) is 69.2 Å². The number of anilines is 1. The normalized spacial score (nSPS) is 14.3. The van der Waals surface area contributed by atoms with E-state index in [1.54, 1.807) is 15.7 Å². The van der Waals surface area contributed by atoms with E-state index in [0.29, 0.717) is 31.5 Å². The number of benzene rings is 3. The van der Waals surface area contributed by atoms with Crippen LogP contribution in [0.3, 0.4) is 0 Å². The Labute approximate surface area is 315 Å². The molecule has 14 heteroatoms. The highest BCUT2D eigenvalue weighted by atomic mass is 35.5. The number of aryl methyl sites for hydroxylation is 1. The number of amides is 3. The number of piperidine rings is 1. The average Bonchev–Trinajstić information content (AvgIpc) is 3.56. The second-order valence-electron chi connectivity index (χ2n) is 13.2. The Morgan fingerprint density at radius 3 is 2.21 bits per heavy atom.